The average Bonchev–Trinajstić information content (AvgIpc) is 2.37. The van der Waals surface area contributed by atoms with E-state index in [2.05, 4.69) is 4.98 Å². The van der Waals surface area contributed by atoms with Gasteiger partial charge in [-0.1, -0.05) is 6.08 Å². The Labute approximate surface area is 65.6 Å². The summed E-state index contributed by atoms with van der Waals surface area (Å²) in [6.45, 7) is 0. The monoisotopic (exact) mass is 147 g/mol. The van der Waals surface area contributed by atoms with E-state index in [4.69, 9.17) is 5.26 Å². The smallest absolute Gasteiger partial charge is 0.0948 e. The van der Waals surface area contributed by atoms with Crippen LogP contribution in [0.2, 0.25) is 0 Å². The van der Waals surface area contributed by atoms with Crippen LogP contribution in [0.4, 0.5) is 0 Å². The van der Waals surface area contributed by atoms with E-state index >= 15 is 0 Å². The molecule has 0 unspecified atom stereocenters. The summed E-state index contributed by atoms with van der Waals surface area (Å²) in [5.41, 5.74) is 1.01. The molecule has 0 radical (unpaired) electrons. The van der Waals surface area contributed by atoms with Crippen LogP contribution in [0.25, 0.3) is 6.08 Å². The Balaban J connectivity index is 2.65. The molecule has 1 rings (SSSR count). The molecule has 0 spiro atoms. The standard InChI is InChI=1S/C8H9N3/c1-11-7-10-6-8(11)4-2-3-5-9/h2,4,6-7H,3H2,1H3. The lowest BCUT2D eigenvalue weighted by Gasteiger charge is -1.91. The molecular formula is C8H9N3. The quantitative estimate of drug-likeness (QED) is 0.633. The Morgan fingerprint density at radius 1 is 1.82 bits per heavy atom. The van der Waals surface area contributed by atoms with Gasteiger partial charge in [0.2, 0.25) is 0 Å². The Morgan fingerprint density at radius 2 is 2.64 bits per heavy atom. The maximum Gasteiger partial charge on any atom is 0.0948 e. The van der Waals surface area contributed by atoms with Gasteiger partial charge in [-0.15, -0.1) is 0 Å². The van der Waals surface area contributed by atoms with Gasteiger partial charge >= 0.3 is 0 Å². The summed E-state index contributed by atoms with van der Waals surface area (Å²) in [7, 11) is 1.92. The Hall–Kier alpha value is -1.56. The maximum absolute atomic E-state index is 8.24. The SMILES string of the molecule is Cn1cncc1C=CCC#N. The molecule has 0 amide bonds. The zero-order valence-electron chi connectivity index (χ0n) is 6.36. The van der Waals surface area contributed by atoms with Gasteiger partial charge in [-0.25, -0.2) is 4.98 Å². The van der Waals surface area contributed by atoms with Crippen molar-refractivity contribution < 1.29 is 0 Å². The Bertz CT molecular complexity index is 291. The molecule has 0 fully saturated rings. The number of aryl methyl sites for hydroxylation is 1. The van der Waals surface area contributed by atoms with Crippen LogP contribution < -0.4 is 0 Å². The molecule has 1 aromatic heterocycles. The first-order valence-corrected chi connectivity index (χ1v) is 3.34. The minimum Gasteiger partial charge on any atom is -0.334 e. The fourth-order valence-corrected chi connectivity index (χ4v) is 0.760. The van der Waals surface area contributed by atoms with Crippen LogP contribution in [-0.4, -0.2) is 9.55 Å². The van der Waals surface area contributed by atoms with Gasteiger partial charge in [-0.05, 0) is 6.08 Å². The zero-order valence-corrected chi connectivity index (χ0v) is 6.36. The number of rotatable bonds is 2. The van der Waals surface area contributed by atoms with Crippen molar-refractivity contribution in [2.45, 2.75) is 6.42 Å². The molecule has 0 aliphatic carbocycles. The molecular weight excluding hydrogens is 138 g/mol. The van der Waals surface area contributed by atoms with Gasteiger partial charge in [0.1, 0.15) is 0 Å². The second-order valence-corrected chi connectivity index (χ2v) is 2.19. The minimum atomic E-state index is 0.450. The fourth-order valence-electron chi connectivity index (χ4n) is 0.760. The third-order valence-corrected chi connectivity index (χ3v) is 1.35. The van der Waals surface area contributed by atoms with Crippen LogP contribution in [0.3, 0.4) is 0 Å². The normalized spacial score (nSPS) is 10.2. The van der Waals surface area contributed by atoms with Gasteiger partial charge in [-0.3, -0.25) is 0 Å². The predicted molar refractivity (Wildman–Crippen MR) is 42.5 cm³/mol. The van der Waals surface area contributed by atoms with Crippen molar-refractivity contribution in [3.63, 3.8) is 0 Å². The molecule has 1 aromatic rings. The van der Waals surface area contributed by atoms with E-state index in [0.717, 1.165) is 5.69 Å². The van der Waals surface area contributed by atoms with E-state index in [1.807, 2.05) is 29.8 Å². The Morgan fingerprint density at radius 3 is 3.18 bits per heavy atom. The molecule has 56 valence electrons. The number of aromatic nitrogens is 2. The van der Waals surface area contributed by atoms with E-state index in [1.54, 1.807) is 12.5 Å². The average molecular weight is 147 g/mol. The van der Waals surface area contributed by atoms with Crippen LogP contribution >= 0.6 is 0 Å². The lowest BCUT2D eigenvalue weighted by molar-refractivity contribution is 0.902. The van der Waals surface area contributed by atoms with Crippen molar-refractivity contribution in [2.75, 3.05) is 0 Å². The molecule has 0 N–H and O–H groups in total. The lowest BCUT2D eigenvalue weighted by Crippen LogP contribution is -1.86. The first-order chi connectivity index (χ1) is 5.34. The van der Waals surface area contributed by atoms with E-state index in [0.29, 0.717) is 6.42 Å². The molecule has 0 atom stereocenters. The predicted octanol–water partition coefficient (Wildman–Crippen LogP) is 1.35. The summed E-state index contributed by atoms with van der Waals surface area (Å²) >= 11 is 0. The first kappa shape index (κ1) is 7.55. The molecule has 0 aromatic carbocycles. The molecule has 0 saturated carbocycles. The van der Waals surface area contributed by atoms with Crippen molar-refractivity contribution >= 4 is 6.08 Å². The number of hydrogen-bond donors (Lipinski definition) is 0. The highest BCUT2D eigenvalue weighted by Gasteiger charge is 1.89. The van der Waals surface area contributed by atoms with Crippen LogP contribution in [-0.2, 0) is 7.05 Å². The van der Waals surface area contributed by atoms with E-state index in [1.165, 1.54) is 0 Å². The van der Waals surface area contributed by atoms with Crippen molar-refractivity contribution in [1.82, 2.24) is 9.55 Å². The van der Waals surface area contributed by atoms with E-state index in [-0.39, 0.29) is 0 Å². The third kappa shape index (κ3) is 1.94. The van der Waals surface area contributed by atoms with E-state index < -0.39 is 0 Å². The Kier molecular flexibility index (Phi) is 2.45. The van der Waals surface area contributed by atoms with Crippen LogP contribution in [0.5, 0.6) is 0 Å². The molecule has 1 heterocycles. The summed E-state index contributed by atoms with van der Waals surface area (Å²) in [6, 6.07) is 2.03. The number of nitrogens with zero attached hydrogens (tertiary/aromatic N) is 3. The van der Waals surface area contributed by atoms with Crippen LogP contribution in [0.15, 0.2) is 18.6 Å². The number of allylic oxidation sites excluding steroid dienone is 1. The van der Waals surface area contributed by atoms with Crippen molar-refractivity contribution in [2.24, 2.45) is 7.05 Å². The molecule has 0 bridgehead atoms. The minimum absolute atomic E-state index is 0.450. The van der Waals surface area contributed by atoms with Crippen molar-refractivity contribution in [1.29, 1.82) is 5.26 Å². The molecule has 3 nitrogen and oxygen atoms in total. The summed E-state index contributed by atoms with van der Waals surface area (Å²) in [4.78, 5) is 3.93. The lowest BCUT2D eigenvalue weighted by atomic mass is 10.3. The van der Waals surface area contributed by atoms with Gasteiger partial charge in [0.15, 0.2) is 0 Å². The summed E-state index contributed by atoms with van der Waals surface area (Å²) in [6.07, 6.45) is 7.64. The topological polar surface area (TPSA) is 41.6 Å². The molecule has 11 heavy (non-hydrogen) atoms. The number of nitriles is 1. The van der Waals surface area contributed by atoms with Crippen LogP contribution in [0, 0.1) is 11.3 Å². The second-order valence-electron chi connectivity index (χ2n) is 2.19. The first-order valence-electron chi connectivity index (χ1n) is 3.34. The molecule has 3 heteroatoms. The fraction of sp³-hybridized carbons (Fsp3) is 0.250. The van der Waals surface area contributed by atoms with Crippen LogP contribution in [0.1, 0.15) is 12.1 Å². The highest BCUT2D eigenvalue weighted by Crippen LogP contribution is 1.99. The highest BCUT2D eigenvalue weighted by atomic mass is 15.0. The van der Waals surface area contributed by atoms with Gasteiger partial charge in [0, 0.05) is 7.05 Å². The zero-order chi connectivity index (χ0) is 8.10. The number of hydrogen-bond acceptors (Lipinski definition) is 2. The molecule has 0 aliphatic rings. The summed E-state index contributed by atoms with van der Waals surface area (Å²) in [5, 5.41) is 8.24. The number of imidazole rings is 1. The summed E-state index contributed by atoms with van der Waals surface area (Å²) in [5.74, 6) is 0. The molecule has 0 aliphatic heterocycles. The maximum atomic E-state index is 8.24. The van der Waals surface area contributed by atoms with Crippen molar-refractivity contribution in [3.8, 4) is 6.07 Å². The second kappa shape index (κ2) is 3.57. The van der Waals surface area contributed by atoms with Gasteiger partial charge in [-0.2, -0.15) is 5.26 Å². The molecule has 0 saturated heterocycles. The van der Waals surface area contributed by atoms with E-state index in [9.17, 15) is 0 Å². The highest BCUT2D eigenvalue weighted by molar-refractivity contribution is 5.43. The van der Waals surface area contributed by atoms with Crippen molar-refractivity contribution in [3.05, 3.63) is 24.3 Å². The summed E-state index contributed by atoms with van der Waals surface area (Å²) < 4.78 is 1.90. The van der Waals surface area contributed by atoms with Gasteiger partial charge < -0.3 is 4.57 Å². The van der Waals surface area contributed by atoms with Gasteiger partial charge in [0.25, 0.3) is 0 Å². The van der Waals surface area contributed by atoms with Gasteiger partial charge in [0.05, 0.1) is 30.7 Å². The largest absolute Gasteiger partial charge is 0.334 e. The third-order valence-electron chi connectivity index (χ3n) is 1.35.